The van der Waals surface area contributed by atoms with E-state index in [0.29, 0.717) is 5.95 Å². The summed E-state index contributed by atoms with van der Waals surface area (Å²) in [5, 5.41) is 8.30. The number of anilines is 3. The van der Waals surface area contributed by atoms with E-state index in [4.69, 9.17) is 9.97 Å². The Balaban J connectivity index is 1.19. The van der Waals surface area contributed by atoms with Crippen LogP contribution in [0.15, 0.2) is 176 Å². The third-order valence-corrected chi connectivity index (χ3v) is 11.0. The van der Waals surface area contributed by atoms with Crippen LogP contribution in [-0.4, -0.2) is 19.1 Å². The van der Waals surface area contributed by atoms with Crippen molar-refractivity contribution in [1.82, 2.24) is 19.1 Å². The van der Waals surface area contributed by atoms with Gasteiger partial charge in [0, 0.05) is 38.5 Å². The van der Waals surface area contributed by atoms with E-state index in [1.165, 1.54) is 43.4 Å². The highest BCUT2D eigenvalue weighted by atomic mass is 15.2. The minimum absolute atomic E-state index is 0.659. The number of benzene rings is 8. The summed E-state index contributed by atoms with van der Waals surface area (Å²) in [5.41, 5.74) is 11.9. The fourth-order valence-electron chi connectivity index (χ4n) is 8.80. The van der Waals surface area contributed by atoms with E-state index in [9.17, 15) is 0 Å². The average Bonchev–Trinajstić information content (AvgIpc) is 3.74. The lowest BCUT2D eigenvalue weighted by molar-refractivity contribution is 1.01. The molecule has 5 nitrogen and oxygen atoms in total. The van der Waals surface area contributed by atoms with E-state index in [1.54, 1.807) is 0 Å². The van der Waals surface area contributed by atoms with Gasteiger partial charge in [-0.2, -0.15) is 0 Å². The van der Waals surface area contributed by atoms with Crippen molar-refractivity contribution in [2.45, 2.75) is 0 Å². The molecule has 0 unspecified atom stereocenters. The summed E-state index contributed by atoms with van der Waals surface area (Å²) in [6.07, 6.45) is 0. The van der Waals surface area contributed by atoms with Crippen LogP contribution in [0.3, 0.4) is 0 Å². The third kappa shape index (κ3) is 3.91. The van der Waals surface area contributed by atoms with Gasteiger partial charge in [-0.1, -0.05) is 115 Å². The number of nitrogens with zero attached hydrogens (tertiary/aromatic N) is 5. The van der Waals surface area contributed by atoms with Crippen molar-refractivity contribution in [3.8, 4) is 22.9 Å². The van der Waals surface area contributed by atoms with E-state index < -0.39 is 0 Å². The standard InChI is InChI=1S/C48H29N5/c1-2-15-32(16-3-1)51-41-23-11-8-19-37(41)46-45-38(20-12-24-42(45)51)49-48(50-46)53-40-22-10-7-18-36(40)44-43(53)28-27-35-34-17-6-9-21-39(34)52(47(35)44)33-26-25-30-13-4-5-14-31(30)29-33/h1-29H. The van der Waals surface area contributed by atoms with Gasteiger partial charge in [-0.15, -0.1) is 0 Å². The highest BCUT2D eigenvalue weighted by Crippen LogP contribution is 2.50. The van der Waals surface area contributed by atoms with Crippen LogP contribution in [0.1, 0.15) is 0 Å². The zero-order valence-electron chi connectivity index (χ0n) is 28.5. The minimum atomic E-state index is 0.659. The molecule has 12 rings (SSSR count). The normalized spacial score (nSPS) is 12.5. The van der Waals surface area contributed by atoms with Crippen LogP contribution < -0.4 is 4.90 Å². The molecule has 4 heterocycles. The van der Waals surface area contributed by atoms with Crippen LogP contribution in [0.4, 0.5) is 17.1 Å². The molecule has 11 aromatic rings. The zero-order valence-corrected chi connectivity index (χ0v) is 28.5. The summed E-state index contributed by atoms with van der Waals surface area (Å²) in [5.74, 6) is 0.659. The fraction of sp³-hybridized carbons (Fsp3) is 0. The maximum Gasteiger partial charge on any atom is 0.235 e. The van der Waals surface area contributed by atoms with Gasteiger partial charge in [0.15, 0.2) is 0 Å². The summed E-state index contributed by atoms with van der Waals surface area (Å²) in [4.78, 5) is 13.2. The van der Waals surface area contributed by atoms with Crippen LogP contribution in [0, 0.1) is 0 Å². The second-order valence-corrected chi connectivity index (χ2v) is 13.8. The monoisotopic (exact) mass is 675 g/mol. The van der Waals surface area contributed by atoms with E-state index >= 15 is 0 Å². The van der Waals surface area contributed by atoms with Crippen molar-refractivity contribution >= 4 is 82.3 Å². The minimum Gasteiger partial charge on any atom is -0.309 e. The van der Waals surface area contributed by atoms with Crippen molar-refractivity contribution in [3.63, 3.8) is 0 Å². The quantitative estimate of drug-likeness (QED) is 0.187. The first-order valence-electron chi connectivity index (χ1n) is 18.0. The second kappa shape index (κ2) is 10.6. The molecule has 0 saturated carbocycles. The van der Waals surface area contributed by atoms with Gasteiger partial charge >= 0.3 is 0 Å². The first-order chi connectivity index (χ1) is 26.3. The van der Waals surface area contributed by atoms with Gasteiger partial charge in [0.1, 0.15) is 0 Å². The number of hydrogen-bond donors (Lipinski definition) is 0. The Labute approximate surface area is 304 Å². The molecule has 0 fully saturated rings. The third-order valence-electron chi connectivity index (χ3n) is 11.0. The lowest BCUT2D eigenvalue weighted by atomic mass is 9.96. The smallest absolute Gasteiger partial charge is 0.235 e. The molecule has 0 atom stereocenters. The first kappa shape index (κ1) is 28.5. The number of para-hydroxylation sites is 4. The molecule has 0 aliphatic carbocycles. The van der Waals surface area contributed by atoms with Crippen LogP contribution in [0.25, 0.3) is 88.2 Å². The number of rotatable bonds is 3. The summed E-state index contributed by atoms with van der Waals surface area (Å²) in [6, 6.07) is 62.9. The fourth-order valence-corrected chi connectivity index (χ4v) is 8.80. The molecule has 1 aliphatic heterocycles. The largest absolute Gasteiger partial charge is 0.309 e. The number of fused-ring (bicyclic) bond motifs is 10. The van der Waals surface area contributed by atoms with Gasteiger partial charge in [-0.25, -0.2) is 9.97 Å². The van der Waals surface area contributed by atoms with Gasteiger partial charge in [0.05, 0.1) is 50.0 Å². The summed E-state index contributed by atoms with van der Waals surface area (Å²) in [7, 11) is 0. The van der Waals surface area contributed by atoms with Gasteiger partial charge in [-0.05, 0) is 71.4 Å². The molecule has 0 spiro atoms. The topological polar surface area (TPSA) is 38.9 Å². The second-order valence-electron chi connectivity index (χ2n) is 13.8. The van der Waals surface area contributed by atoms with E-state index in [2.05, 4.69) is 190 Å². The van der Waals surface area contributed by atoms with E-state index in [-0.39, 0.29) is 0 Å². The molecular formula is C48H29N5. The van der Waals surface area contributed by atoms with Crippen molar-refractivity contribution in [2.75, 3.05) is 4.90 Å². The summed E-state index contributed by atoms with van der Waals surface area (Å²) in [6.45, 7) is 0. The van der Waals surface area contributed by atoms with Crippen molar-refractivity contribution in [2.24, 2.45) is 0 Å². The lowest BCUT2D eigenvalue weighted by Crippen LogP contribution is -2.16. The molecule has 0 radical (unpaired) electrons. The van der Waals surface area contributed by atoms with E-state index in [0.717, 1.165) is 55.9 Å². The maximum atomic E-state index is 5.50. The molecule has 1 aliphatic rings. The Morgan fingerprint density at radius 1 is 0.396 bits per heavy atom. The Kier molecular flexibility index (Phi) is 5.71. The lowest BCUT2D eigenvalue weighted by Gasteiger charge is -2.32. The van der Waals surface area contributed by atoms with Gasteiger partial charge in [-0.3, -0.25) is 4.57 Å². The molecule has 0 saturated heterocycles. The predicted molar refractivity (Wildman–Crippen MR) is 219 cm³/mol. The Morgan fingerprint density at radius 3 is 2.00 bits per heavy atom. The van der Waals surface area contributed by atoms with Gasteiger partial charge in [0.2, 0.25) is 5.95 Å². The molecule has 0 bridgehead atoms. The molecule has 246 valence electrons. The maximum absolute atomic E-state index is 5.50. The molecule has 3 aromatic heterocycles. The molecular weight excluding hydrogens is 647 g/mol. The van der Waals surface area contributed by atoms with E-state index in [1.807, 2.05) is 0 Å². The molecule has 0 N–H and O–H groups in total. The molecule has 53 heavy (non-hydrogen) atoms. The number of aromatic nitrogens is 4. The number of hydrogen-bond acceptors (Lipinski definition) is 3. The van der Waals surface area contributed by atoms with Gasteiger partial charge in [0.25, 0.3) is 0 Å². The van der Waals surface area contributed by atoms with Crippen LogP contribution in [0.5, 0.6) is 0 Å². The Morgan fingerprint density at radius 2 is 1.11 bits per heavy atom. The molecule has 5 heteroatoms. The summed E-state index contributed by atoms with van der Waals surface area (Å²) < 4.78 is 4.71. The van der Waals surface area contributed by atoms with Crippen molar-refractivity contribution in [1.29, 1.82) is 0 Å². The highest BCUT2D eigenvalue weighted by Gasteiger charge is 2.29. The Bertz CT molecular complexity index is 3300. The van der Waals surface area contributed by atoms with Crippen LogP contribution in [0.2, 0.25) is 0 Å². The van der Waals surface area contributed by atoms with Crippen molar-refractivity contribution in [3.05, 3.63) is 176 Å². The Hall–Kier alpha value is -7.24. The van der Waals surface area contributed by atoms with Crippen molar-refractivity contribution < 1.29 is 0 Å². The van der Waals surface area contributed by atoms with Crippen LogP contribution >= 0.6 is 0 Å². The first-order valence-corrected chi connectivity index (χ1v) is 18.0. The predicted octanol–water partition coefficient (Wildman–Crippen LogP) is 12.4. The zero-order chi connectivity index (χ0) is 34.6. The van der Waals surface area contributed by atoms with Gasteiger partial charge < -0.3 is 9.47 Å². The molecule has 0 amide bonds. The SMILES string of the molecule is c1ccc(N2c3ccccc3-c3nc(-n4c5ccccc5c5c4ccc4c6ccccc6n(-c6ccc7ccccc7c6)c45)nc4cccc2c34)cc1. The molecule has 8 aromatic carbocycles. The highest BCUT2D eigenvalue weighted by molar-refractivity contribution is 6.26. The van der Waals surface area contributed by atoms with Crippen LogP contribution in [-0.2, 0) is 0 Å². The summed E-state index contributed by atoms with van der Waals surface area (Å²) >= 11 is 0. The average molecular weight is 676 g/mol.